The van der Waals surface area contributed by atoms with Crippen LogP contribution in [0.1, 0.15) is 40.9 Å². The molecule has 1 saturated heterocycles. The number of benzene rings is 1. The van der Waals surface area contributed by atoms with Gasteiger partial charge in [0.15, 0.2) is 0 Å². The zero-order valence-electron chi connectivity index (χ0n) is 18.5. The van der Waals surface area contributed by atoms with Crippen LogP contribution in [0.4, 0.5) is 5.69 Å². The van der Waals surface area contributed by atoms with Crippen molar-refractivity contribution in [3.05, 3.63) is 46.2 Å². The van der Waals surface area contributed by atoms with Crippen LogP contribution in [0.25, 0.3) is 21.0 Å². The number of aromatic nitrogens is 3. The highest BCUT2D eigenvalue weighted by atomic mass is 35.5. The Kier molecular flexibility index (Phi) is 5.47. The fourth-order valence-electron chi connectivity index (χ4n) is 4.71. The highest BCUT2D eigenvalue weighted by Gasteiger charge is 2.25. The number of fused-ring (bicyclic) bond motifs is 5. The molecule has 1 atom stereocenters. The van der Waals surface area contributed by atoms with E-state index in [1.165, 1.54) is 11.3 Å². The number of nitrogens with one attached hydrogen (secondary N) is 3. The van der Waals surface area contributed by atoms with Gasteiger partial charge >= 0.3 is 0 Å². The molecule has 34 heavy (non-hydrogen) atoms. The Morgan fingerprint density at radius 2 is 2.00 bits per heavy atom. The fourth-order valence-corrected chi connectivity index (χ4v) is 5.94. The average molecular weight is 495 g/mol. The molecule has 0 unspecified atom stereocenters. The number of amides is 1. The highest BCUT2D eigenvalue weighted by Crippen LogP contribution is 2.41. The van der Waals surface area contributed by atoms with Gasteiger partial charge in [-0.25, -0.2) is 9.97 Å². The minimum absolute atomic E-state index is 0.0409. The Morgan fingerprint density at radius 3 is 2.85 bits per heavy atom. The van der Waals surface area contributed by atoms with E-state index in [9.17, 15) is 4.79 Å². The Labute approximate surface area is 205 Å². The molecule has 4 aromatic rings. The van der Waals surface area contributed by atoms with Gasteiger partial charge in [0.25, 0.3) is 5.91 Å². The lowest BCUT2D eigenvalue weighted by atomic mass is 9.92. The second kappa shape index (κ2) is 8.65. The molecule has 5 heterocycles. The summed E-state index contributed by atoms with van der Waals surface area (Å²) < 4.78 is 7.21. The van der Waals surface area contributed by atoms with Crippen molar-refractivity contribution in [1.29, 1.82) is 0 Å². The van der Waals surface area contributed by atoms with Crippen molar-refractivity contribution < 1.29 is 9.53 Å². The van der Waals surface area contributed by atoms with Gasteiger partial charge < -0.3 is 20.7 Å². The van der Waals surface area contributed by atoms with Gasteiger partial charge in [0.2, 0.25) is 17.0 Å². The van der Waals surface area contributed by atoms with Gasteiger partial charge in [-0.15, -0.1) is 11.3 Å². The standard InChI is InChI=1S/C24H23ClN6O2S/c1-12-10-27-20-19-14-2-5-18(30-16(14)3-4-17(19)34-21(20)22(32)29-12)33-23-15(11-28-24(25)31-23)13-6-8-26-9-7-13/h2-5,11-13,26-27H,6-10H2,1H3,(H,29,32)/t12-/m1/s1. The molecule has 1 fully saturated rings. The van der Waals surface area contributed by atoms with Crippen molar-refractivity contribution in [3.8, 4) is 11.8 Å². The van der Waals surface area contributed by atoms with Gasteiger partial charge in [0.1, 0.15) is 4.88 Å². The quantitative estimate of drug-likeness (QED) is 0.355. The number of anilines is 1. The van der Waals surface area contributed by atoms with E-state index in [-0.39, 0.29) is 17.2 Å². The van der Waals surface area contributed by atoms with Gasteiger partial charge in [-0.2, -0.15) is 4.98 Å². The summed E-state index contributed by atoms with van der Waals surface area (Å²) >= 11 is 7.59. The summed E-state index contributed by atoms with van der Waals surface area (Å²) in [6.07, 6.45) is 3.75. The van der Waals surface area contributed by atoms with Crippen LogP contribution in [-0.4, -0.2) is 46.5 Å². The molecule has 0 spiro atoms. The largest absolute Gasteiger partial charge is 0.420 e. The predicted octanol–water partition coefficient (Wildman–Crippen LogP) is 4.70. The Balaban J connectivity index is 1.40. The van der Waals surface area contributed by atoms with Crippen LogP contribution >= 0.6 is 22.9 Å². The van der Waals surface area contributed by atoms with E-state index in [2.05, 4.69) is 25.9 Å². The normalized spacial score (nSPS) is 18.9. The van der Waals surface area contributed by atoms with Crippen molar-refractivity contribution in [3.63, 3.8) is 0 Å². The third-order valence-corrected chi connectivity index (χ3v) is 7.73. The minimum atomic E-state index is -0.0409. The molecule has 8 nitrogen and oxygen atoms in total. The van der Waals surface area contributed by atoms with Crippen LogP contribution < -0.4 is 20.7 Å². The number of rotatable bonds is 3. The molecule has 1 aromatic carbocycles. The van der Waals surface area contributed by atoms with E-state index in [4.69, 9.17) is 21.3 Å². The van der Waals surface area contributed by atoms with Gasteiger partial charge in [-0.05, 0) is 68.6 Å². The summed E-state index contributed by atoms with van der Waals surface area (Å²) in [5.41, 5.74) is 2.61. The third-order valence-electron chi connectivity index (χ3n) is 6.40. The van der Waals surface area contributed by atoms with Gasteiger partial charge in [0, 0.05) is 45.9 Å². The topological polar surface area (TPSA) is 101 Å². The van der Waals surface area contributed by atoms with Crippen LogP contribution in [0.2, 0.25) is 5.28 Å². The van der Waals surface area contributed by atoms with Crippen molar-refractivity contribution in [1.82, 2.24) is 25.6 Å². The second-order valence-electron chi connectivity index (χ2n) is 8.74. The molecule has 1 amide bonds. The molecular formula is C24H23ClN6O2S. The summed E-state index contributed by atoms with van der Waals surface area (Å²) in [4.78, 5) is 26.7. The van der Waals surface area contributed by atoms with Gasteiger partial charge in [0.05, 0.1) is 11.2 Å². The van der Waals surface area contributed by atoms with Crippen LogP contribution in [0, 0.1) is 0 Å². The number of pyridine rings is 1. The first-order valence-electron chi connectivity index (χ1n) is 11.4. The first kappa shape index (κ1) is 21.5. The number of halogens is 1. The van der Waals surface area contributed by atoms with E-state index < -0.39 is 0 Å². The Hall–Kier alpha value is -3.01. The lowest BCUT2D eigenvalue weighted by molar-refractivity contribution is 0.0949. The number of hydrogen-bond donors (Lipinski definition) is 3. The maximum absolute atomic E-state index is 12.7. The molecule has 0 aliphatic carbocycles. The molecule has 10 heteroatoms. The molecule has 0 saturated carbocycles. The third kappa shape index (κ3) is 3.83. The number of thiophene rings is 1. The van der Waals surface area contributed by atoms with Crippen LogP contribution in [-0.2, 0) is 0 Å². The summed E-state index contributed by atoms with van der Waals surface area (Å²) in [5, 5.41) is 12.0. The van der Waals surface area contributed by atoms with Crippen LogP contribution in [0.5, 0.6) is 11.8 Å². The lowest BCUT2D eigenvalue weighted by Gasteiger charge is -2.23. The van der Waals surface area contributed by atoms with Crippen molar-refractivity contribution in [2.24, 2.45) is 0 Å². The molecule has 174 valence electrons. The monoisotopic (exact) mass is 494 g/mol. The highest BCUT2D eigenvalue weighted by molar-refractivity contribution is 7.21. The smallest absolute Gasteiger partial charge is 0.263 e. The average Bonchev–Trinajstić information content (AvgIpc) is 3.16. The van der Waals surface area contributed by atoms with Gasteiger partial charge in [-0.3, -0.25) is 4.79 Å². The van der Waals surface area contributed by atoms with Crippen LogP contribution in [0.15, 0.2) is 30.5 Å². The first-order valence-corrected chi connectivity index (χ1v) is 12.6. The fraction of sp³-hybridized carbons (Fsp3) is 0.333. The number of ether oxygens (including phenoxy) is 1. The number of hydrogen-bond acceptors (Lipinski definition) is 8. The Morgan fingerprint density at radius 1 is 1.15 bits per heavy atom. The summed E-state index contributed by atoms with van der Waals surface area (Å²) in [7, 11) is 0. The molecule has 0 bridgehead atoms. The van der Waals surface area contributed by atoms with Crippen molar-refractivity contribution in [2.45, 2.75) is 31.7 Å². The lowest BCUT2D eigenvalue weighted by Crippen LogP contribution is -2.34. The van der Waals surface area contributed by atoms with E-state index in [1.54, 1.807) is 6.20 Å². The molecular weight excluding hydrogens is 472 g/mol. The molecule has 2 aliphatic heterocycles. The molecule has 2 aliphatic rings. The molecule has 6 rings (SSSR count). The van der Waals surface area contributed by atoms with Gasteiger partial charge in [-0.1, -0.05) is 0 Å². The molecule has 0 radical (unpaired) electrons. The van der Waals surface area contributed by atoms with E-state index in [1.807, 2.05) is 31.2 Å². The van der Waals surface area contributed by atoms with Crippen molar-refractivity contribution >= 4 is 55.5 Å². The second-order valence-corrected chi connectivity index (χ2v) is 10.1. The SMILES string of the molecule is C[C@@H]1CNc2c(sc3ccc4nc(Oc5nc(Cl)ncc5C5CCNCC5)ccc4c23)C(=O)N1. The molecule has 3 aromatic heterocycles. The predicted molar refractivity (Wildman–Crippen MR) is 135 cm³/mol. The number of carbonyl (C=O) groups is 1. The first-order chi connectivity index (χ1) is 16.6. The Bertz CT molecular complexity index is 1420. The maximum Gasteiger partial charge on any atom is 0.263 e. The zero-order valence-corrected chi connectivity index (χ0v) is 20.1. The van der Waals surface area contributed by atoms with Crippen LogP contribution in [0.3, 0.4) is 0 Å². The number of carbonyl (C=O) groups excluding carboxylic acids is 1. The van der Waals surface area contributed by atoms with E-state index >= 15 is 0 Å². The summed E-state index contributed by atoms with van der Waals surface area (Å²) in [6, 6.07) is 7.86. The number of piperidine rings is 1. The van der Waals surface area contributed by atoms with E-state index in [0.717, 1.165) is 58.2 Å². The number of nitrogens with zero attached hydrogens (tertiary/aromatic N) is 3. The maximum atomic E-state index is 12.7. The van der Waals surface area contributed by atoms with Crippen molar-refractivity contribution in [2.75, 3.05) is 25.0 Å². The minimum Gasteiger partial charge on any atom is -0.420 e. The summed E-state index contributed by atoms with van der Waals surface area (Å²) in [5.74, 6) is 1.17. The van der Waals surface area contributed by atoms with E-state index in [0.29, 0.717) is 29.1 Å². The summed E-state index contributed by atoms with van der Waals surface area (Å²) in [6.45, 7) is 4.56. The molecule has 3 N–H and O–H groups in total. The zero-order chi connectivity index (χ0) is 23.2.